The highest BCUT2D eigenvalue weighted by molar-refractivity contribution is 5.47. The molecular formula is C12H16N4O. The second kappa shape index (κ2) is 5.13. The van der Waals surface area contributed by atoms with Gasteiger partial charge in [0, 0.05) is 25.3 Å². The lowest BCUT2D eigenvalue weighted by molar-refractivity contribution is 0.0463. The molecule has 90 valence electrons. The number of anilines is 1. The van der Waals surface area contributed by atoms with E-state index < -0.39 is 0 Å². The van der Waals surface area contributed by atoms with Crippen LogP contribution >= 0.6 is 0 Å². The molecule has 1 saturated heterocycles. The summed E-state index contributed by atoms with van der Waals surface area (Å²) < 4.78 is 5.51. The predicted molar refractivity (Wildman–Crippen MR) is 64.7 cm³/mol. The second-order valence-corrected chi connectivity index (χ2v) is 4.14. The van der Waals surface area contributed by atoms with Crippen molar-refractivity contribution in [3.8, 4) is 6.07 Å². The molecule has 1 aliphatic rings. The number of nitrogens with zero attached hydrogens (tertiary/aromatic N) is 3. The van der Waals surface area contributed by atoms with Crippen molar-refractivity contribution in [3.63, 3.8) is 0 Å². The summed E-state index contributed by atoms with van der Waals surface area (Å²) in [6.45, 7) is 4.58. The van der Waals surface area contributed by atoms with Crippen molar-refractivity contribution < 1.29 is 4.74 Å². The van der Waals surface area contributed by atoms with Gasteiger partial charge in [0.25, 0.3) is 0 Å². The lowest BCUT2D eigenvalue weighted by Crippen LogP contribution is -2.46. The maximum Gasteiger partial charge on any atom is 0.130 e. The van der Waals surface area contributed by atoms with Gasteiger partial charge in [0.15, 0.2) is 0 Å². The highest BCUT2D eigenvalue weighted by Crippen LogP contribution is 2.17. The van der Waals surface area contributed by atoms with Crippen molar-refractivity contribution in [1.29, 1.82) is 5.26 Å². The largest absolute Gasteiger partial charge is 0.373 e. The van der Waals surface area contributed by atoms with Crippen molar-refractivity contribution in [3.05, 3.63) is 23.4 Å². The molecule has 0 spiro atoms. The third kappa shape index (κ3) is 2.73. The molecule has 17 heavy (non-hydrogen) atoms. The SMILES string of the molecule is Cc1cc(C#N)cc(N2CCOC(CN)C2)n1. The average molecular weight is 232 g/mol. The fourth-order valence-corrected chi connectivity index (χ4v) is 1.95. The van der Waals surface area contributed by atoms with Crippen molar-refractivity contribution in [1.82, 2.24) is 4.98 Å². The van der Waals surface area contributed by atoms with Gasteiger partial charge in [-0.3, -0.25) is 0 Å². The van der Waals surface area contributed by atoms with Gasteiger partial charge in [-0.2, -0.15) is 5.26 Å². The first kappa shape index (κ1) is 11.8. The lowest BCUT2D eigenvalue weighted by Gasteiger charge is -2.33. The Balaban J connectivity index is 2.21. The normalized spacial score (nSPS) is 20.1. The Labute approximate surface area is 101 Å². The summed E-state index contributed by atoms with van der Waals surface area (Å²) in [5, 5.41) is 8.94. The van der Waals surface area contributed by atoms with E-state index >= 15 is 0 Å². The molecule has 1 aliphatic heterocycles. The zero-order valence-corrected chi connectivity index (χ0v) is 9.89. The topological polar surface area (TPSA) is 75.2 Å². The van der Waals surface area contributed by atoms with Crippen LogP contribution in [-0.2, 0) is 4.74 Å². The van der Waals surface area contributed by atoms with Gasteiger partial charge in [-0.1, -0.05) is 0 Å². The number of aryl methyl sites for hydroxylation is 1. The third-order valence-corrected chi connectivity index (χ3v) is 2.79. The molecule has 5 nitrogen and oxygen atoms in total. The molecule has 1 fully saturated rings. The minimum Gasteiger partial charge on any atom is -0.373 e. The number of aromatic nitrogens is 1. The summed E-state index contributed by atoms with van der Waals surface area (Å²) in [6.07, 6.45) is 0.0524. The molecule has 5 heteroatoms. The standard InChI is InChI=1S/C12H16N4O/c1-9-4-10(6-13)5-12(15-9)16-2-3-17-11(7-14)8-16/h4-5,11H,2-3,7-8,14H2,1H3. The number of ether oxygens (including phenoxy) is 1. The smallest absolute Gasteiger partial charge is 0.130 e. The minimum atomic E-state index is 0.0524. The molecule has 1 unspecified atom stereocenters. The van der Waals surface area contributed by atoms with E-state index in [4.69, 9.17) is 15.7 Å². The van der Waals surface area contributed by atoms with Crippen LogP contribution in [0.15, 0.2) is 12.1 Å². The molecule has 2 heterocycles. The number of morpholine rings is 1. The Morgan fingerprint density at radius 3 is 3.18 bits per heavy atom. The summed E-state index contributed by atoms with van der Waals surface area (Å²) >= 11 is 0. The van der Waals surface area contributed by atoms with Gasteiger partial charge in [-0.25, -0.2) is 4.98 Å². The van der Waals surface area contributed by atoms with E-state index in [1.54, 1.807) is 6.07 Å². The molecular weight excluding hydrogens is 216 g/mol. The molecule has 2 rings (SSSR count). The molecule has 0 aromatic carbocycles. The van der Waals surface area contributed by atoms with Gasteiger partial charge in [-0.15, -0.1) is 0 Å². The summed E-state index contributed by atoms with van der Waals surface area (Å²) in [7, 11) is 0. The van der Waals surface area contributed by atoms with Gasteiger partial charge in [0.05, 0.1) is 24.3 Å². The van der Waals surface area contributed by atoms with Crippen LogP contribution in [0.4, 0.5) is 5.82 Å². The Kier molecular flexibility index (Phi) is 3.57. The van der Waals surface area contributed by atoms with E-state index in [1.165, 1.54) is 0 Å². The van der Waals surface area contributed by atoms with Gasteiger partial charge < -0.3 is 15.4 Å². The first-order valence-corrected chi connectivity index (χ1v) is 5.68. The Hall–Kier alpha value is -1.64. The molecule has 2 N–H and O–H groups in total. The first-order chi connectivity index (χ1) is 8.22. The summed E-state index contributed by atoms with van der Waals surface area (Å²) in [5.74, 6) is 0.836. The Morgan fingerprint density at radius 1 is 1.65 bits per heavy atom. The number of hydrogen-bond donors (Lipinski definition) is 1. The van der Waals surface area contributed by atoms with Crippen molar-refractivity contribution in [2.75, 3.05) is 31.1 Å². The van der Waals surface area contributed by atoms with Crippen LogP contribution in [0.1, 0.15) is 11.3 Å². The summed E-state index contributed by atoms with van der Waals surface area (Å²) in [4.78, 5) is 6.57. The Morgan fingerprint density at radius 2 is 2.47 bits per heavy atom. The van der Waals surface area contributed by atoms with Crippen LogP contribution in [0.5, 0.6) is 0 Å². The molecule has 1 atom stereocenters. The molecule has 0 amide bonds. The molecule has 0 saturated carbocycles. The van der Waals surface area contributed by atoms with Crippen molar-refractivity contribution >= 4 is 5.82 Å². The van der Waals surface area contributed by atoms with Crippen LogP contribution < -0.4 is 10.6 Å². The van der Waals surface area contributed by atoms with Gasteiger partial charge in [0.1, 0.15) is 5.82 Å². The number of rotatable bonds is 2. The Bertz CT molecular complexity index is 441. The summed E-state index contributed by atoms with van der Waals surface area (Å²) in [5.41, 5.74) is 7.10. The highest BCUT2D eigenvalue weighted by atomic mass is 16.5. The number of pyridine rings is 1. The van der Waals surface area contributed by atoms with Crippen LogP contribution in [0.25, 0.3) is 0 Å². The lowest BCUT2D eigenvalue weighted by atomic mass is 10.2. The molecule has 0 aliphatic carbocycles. The van der Waals surface area contributed by atoms with E-state index in [-0.39, 0.29) is 6.10 Å². The highest BCUT2D eigenvalue weighted by Gasteiger charge is 2.20. The van der Waals surface area contributed by atoms with Gasteiger partial charge in [-0.05, 0) is 19.1 Å². The molecule has 1 aromatic rings. The predicted octanol–water partition coefficient (Wildman–Crippen LogP) is 0.426. The molecule has 0 radical (unpaired) electrons. The minimum absolute atomic E-state index is 0.0524. The van der Waals surface area contributed by atoms with E-state index in [9.17, 15) is 0 Å². The monoisotopic (exact) mass is 232 g/mol. The number of nitrogens with two attached hydrogens (primary N) is 1. The number of hydrogen-bond acceptors (Lipinski definition) is 5. The number of nitriles is 1. The third-order valence-electron chi connectivity index (χ3n) is 2.79. The van der Waals surface area contributed by atoms with Gasteiger partial charge in [0.2, 0.25) is 0 Å². The zero-order chi connectivity index (χ0) is 12.3. The molecule has 0 bridgehead atoms. The quantitative estimate of drug-likeness (QED) is 0.800. The average Bonchev–Trinajstić information content (AvgIpc) is 2.38. The molecule has 1 aromatic heterocycles. The second-order valence-electron chi connectivity index (χ2n) is 4.14. The van der Waals surface area contributed by atoms with E-state index in [0.717, 1.165) is 24.6 Å². The summed E-state index contributed by atoms with van der Waals surface area (Å²) in [6, 6.07) is 5.74. The van der Waals surface area contributed by atoms with E-state index in [2.05, 4.69) is 16.0 Å². The van der Waals surface area contributed by atoms with Crippen LogP contribution in [0, 0.1) is 18.3 Å². The van der Waals surface area contributed by atoms with Crippen molar-refractivity contribution in [2.24, 2.45) is 5.73 Å². The van der Waals surface area contributed by atoms with Gasteiger partial charge >= 0.3 is 0 Å². The fourth-order valence-electron chi connectivity index (χ4n) is 1.95. The maximum absolute atomic E-state index is 8.94. The maximum atomic E-state index is 8.94. The first-order valence-electron chi connectivity index (χ1n) is 5.68. The van der Waals surface area contributed by atoms with Crippen LogP contribution in [-0.4, -0.2) is 37.3 Å². The van der Waals surface area contributed by atoms with Crippen LogP contribution in [0.2, 0.25) is 0 Å². The van der Waals surface area contributed by atoms with E-state index in [1.807, 2.05) is 13.0 Å². The fraction of sp³-hybridized carbons (Fsp3) is 0.500. The zero-order valence-electron chi connectivity index (χ0n) is 9.89. The van der Waals surface area contributed by atoms with Crippen LogP contribution in [0.3, 0.4) is 0 Å². The van der Waals surface area contributed by atoms with Crippen molar-refractivity contribution in [2.45, 2.75) is 13.0 Å². The van der Waals surface area contributed by atoms with E-state index in [0.29, 0.717) is 18.7 Å².